The van der Waals surface area contributed by atoms with Gasteiger partial charge in [0.2, 0.25) is 0 Å². The molecule has 1 heterocycles. The Morgan fingerprint density at radius 1 is 1.21 bits per heavy atom. The van der Waals surface area contributed by atoms with Crippen LogP contribution in [0.1, 0.15) is 6.55 Å². The maximum Gasteiger partial charge on any atom is 0.319 e. The number of hydrogen-bond donors (Lipinski definition) is 0. The number of hydrogen-bond acceptors (Lipinski definition) is 0. The highest BCUT2D eigenvalue weighted by Crippen LogP contribution is 2.30. The van der Waals surface area contributed by atoms with E-state index < -0.39 is 6.55 Å². The first kappa shape index (κ1) is 9.74. The SMILES string of the molecule is FC(F)n1ccc2c(Cl)cc(Cl)cc21. The highest BCUT2D eigenvalue weighted by Gasteiger charge is 2.11. The number of aromatic nitrogens is 1. The summed E-state index contributed by atoms with van der Waals surface area (Å²) in [4.78, 5) is 0. The smallest absolute Gasteiger partial charge is 0.291 e. The Labute approximate surface area is 88.8 Å². The molecule has 0 bridgehead atoms. The lowest BCUT2D eigenvalue weighted by Crippen LogP contribution is -1.94. The van der Waals surface area contributed by atoms with Gasteiger partial charge in [-0.15, -0.1) is 0 Å². The van der Waals surface area contributed by atoms with Crippen molar-refractivity contribution >= 4 is 34.1 Å². The summed E-state index contributed by atoms with van der Waals surface area (Å²) < 4.78 is 25.8. The number of alkyl halides is 2. The lowest BCUT2D eigenvalue weighted by Gasteiger charge is -2.03. The monoisotopic (exact) mass is 235 g/mol. The molecule has 0 spiro atoms. The third-order valence-corrected chi connectivity index (χ3v) is 2.49. The average molecular weight is 236 g/mol. The Morgan fingerprint density at radius 2 is 1.93 bits per heavy atom. The van der Waals surface area contributed by atoms with Crippen molar-refractivity contribution in [2.45, 2.75) is 6.55 Å². The van der Waals surface area contributed by atoms with Crippen LogP contribution in [-0.2, 0) is 0 Å². The normalized spacial score (nSPS) is 11.5. The lowest BCUT2D eigenvalue weighted by atomic mass is 10.2. The predicted octanol–water partition coefficient (Wildman–Crippen LogP) is 4.34. The molecule has 14 heavy (non-hydrogen) atoms. The highest BCUT2D eigenvalue weighted by molar-refractivity contribution is 6.38. The van der Waals surface area contributed by atoms with Crippen molar-refractivity contribution in [1.29, 1.82) is 0 Å². The maximum absolute atomic E-state index is 12.5. The molecule has 0 radical (unpaired) electrons. The fourth-order valence-electron chi connectivity index (χ4n) is 1.36. The zero-order chi connectivity index (χ0) is 10.3. The van der Waals surface area contributed by atoms with Crippen LogP contribution in [0.15, 0.2) is 24.4 Å². The second kappa shape index (κ2) is 3.41. The van der Waals surface area contributed by atoms with Crippen molar-refractivity contribution in [3.63, 3.8) is 0 Å². The van der Waals surface area contributed by atoms with Gasteiger partial charge in [0.15, 0.2) is 0 Å². The fraction of sp³-hybridized carbons (Fsp3) is 0.111. The standard InChI is InChI=1S/C9H5Cl2F2N/c10-5-3-7(11)6-1-2-14(9(12)13)8(6)4-5/h1-4,9H. The van der Waals surface area contributed by atoms with Crippen molar-refractivity contribution in [3.05, 3.63) is 34.4 Å². The van der Waals surface area contributed by atoms with E-state index in [4.69, 9.17) is 23.2 Å². The Bertz CT molecular complexity index is 479. The minimum absolute atomic E-state index is 0.345. The van der Waals surface area contributed by atoms with Crippen LogP contribution in [0.5, 0.6) is 0 Å². The predicted molar refractivity (Wildman–Crippen MR) is 53.2 cm³/mol. The van der Waals surface area contributed by atoms with Gasteiger partial charge in [0, 0.05) is 16.6 Å². The van der Waals surface area contributed by atoms with Crippen LogP contribution in [-0.4, -0.2) is 4.57 Å². The van der Waals surface area contributed by atoms with E-state index in [1.54, 1.807) is 6.07 Å². The van der Waals surface area contributed by atoms with Gasteiger partial charge in [-0.25, -0.2) is 0 Å². The molecular weight excluding hydrogens is 231 g/mol. The molecule has 1 nitrogen and oxygen atoms in total. The van der Waals surface area contributed by atoms with E-state index in [9.17, 15) is 8.78 Å². The molecule has 0 amide bonds. The van der Waals surface area contributed by atoms with Crippen LogP contribution in [0.3, 0.4) is 0 Å². The summed E-state index contributed by atoms with van der Waals surface area (Å²) in [6.07, 6.45) is 1.29. The molecule has 1 aromatic carbocycles. The van der Waals surface area contributed by atoms with Gasteiger partial charge in [-0.1, -0.05) is 23.2 Å². The summed E-state index contributed by atoms with van der Waals surface area (Å²) in [5, 5.41) is 1.31. The van der Waals surface area contributed by atoms with Crippen LogP contribution >= 0.6 is 23.2 Å². The highest BCUT2D eigenvalue weighted by atomic mass is 35.5. The van der Waals surface area contributed by atoms with Gasteiger partial charge < -0.3 is 0 Å². The molecule has 2 rings (SSSR count). The van der Waals surface area contributed by atoms with Gasteiger partial charge in [-0.3, -0.25) is 4.57 Å². The van der Waals surface area contributed by atoms with Gasteiger partial charge in [-0.05, 0) is 18.2 Å². The first-order chi connectivity index (χ1) is 6.59. The topological polar surface area (TPSA) is 4.93 Å². The third kappa shape index (κ3) is 1.47. The van der Waals surface area contributed by atoms with E-state index in [0.717, 1.165) is 4.57 Å². The molecule has 0 aliphatic heterocycles. The van der Waals surface area contributed by atoms with E-state index in [1.165, 1.54) is 18.3 Å². The Hall–Kier alpha value is -0.800. The summed E-state index contributed by atoms with van der Waals surface area (Å²) in [6.45, 7) is -2.58. The molecule has 0 saturated heterocycles. The van der Waals surface area contributed by atoms with E-state index in [-0.39, 0.29) is 0 Å². The van der Waals surface area contributed by atoms with Gasteiger partial charge in [0.25, 0.3) is 0 Å². The van der Waals surface area contributed by atoms with Crippen molar-refractivity contribution in [2.24, 2.45) is 0 Å². The zero-order valence-electron chi connectivity index (χ0n) is 6.85. The molecule has 0 N–H and O–H groups in total. The van der Waals surface area contributed by atoms with E-state index in [1.807, 2.05) is 0 Å². The fourth-order valence-corrected chi connectivity index (χ4v) is 1.90. The number of benzene rings is 1. The first-order valence-electron chi connectivity index (χ1n) is 3.83. The second-order valence-electron chi connectivity index (χ2n) is 2.82. The number of fused-ring (bicyclic) bond motifs is 1. The number of nitrogens with zero attached hydrogens (tertiary/aromatic N) is 1. The molecule has 0 atom stereocenters. The lowest BCUT2D eigenvalue weighted by molar-refractivity contribution is 0.0752. The van der Waals surface area contributed by atoms with Crippen LogP contribution < -0.4 is 0 Å². The van der Waals surface area contributed by atoms with Gasteiger partial charge in [0.1, 0.15) is 0 Å². The molecule has 0 unspecified atom stereocenters. The Kier molecular flexibility index (Phi) is 2.37. The Balaban J connectivity index is 2.78. The number of halogens is 4. The molecule has 0 saturated carbocycles. The minimum atomic E-state index is -2.58. The van der Waals surface area contributed by atoms with Crippen LogP contribution in [0.2, 0.25) is 10.0 Å². The average Bonchev–Trinajstić information content (AvgIpc) is 2.47. The molecule has 0 fully saturated rings. The molecule has 0 aliphatic carbocycles. The van der Waals surface area contributed by atoms with Crippen molar-refractivity contribution < 1.29 is 8.78 Å². The molecule has 74 valence electrons. The molecule has 1 aromatic heterocycles. The second-order valence-corrected chi connectivity index (χ2v) is 3.66. The summed E-state index contributed by atoms with van der Waals surface area (Å²) in [7, 11) is 0. The first-order valence-corrected chi connectivity index (χ1v) is 4.59. The molecule has 2 aromatic rings. The van der Waals surface area contributed by atoms with Gasteiger partial charge in [-0.2, -0.15) is 8.78 Å². The van der Waals surface area contributed by atoms with Crippen molar-refractivity contribution in [1.82, 2.24) is 4.57 Å². The van der Waals surface area contributed by atoms with E-state index in [0.29, 0.717) is 20.9 Å². The quantitative estimate of drug-likeness (QED) is 0.693. The van der Waals surface area contributed by atoms with Crippen LogP contribution in [0.4, 0.5) is 8.78 Å². The van der Waals surface area contributed by atoms with E-state index >= 15 is 0 Å². The largest absolute Gasteiger partial charge is 0.319 e. The molecule has 5 heteroatoms. The van der Waals surface area contributed by atoms with E-state index in [2.05, 4.69) is 0 Å². The number of rotatable bonds is 1. The minimum Gasteiger partial charge on any atom is -0.291 e. The van der Waals surface area contributed by atoms with Crippen molar-refractivity contribution in [3.8, 4) is 0 Å². The molecule has 0 aliphatic rings. The van der Waals surface area contributed by atoms with Crippen LogP contribution in [0.25, 0.3) is 10.9 Å². The Morgan fingerprint density at radius 3 is 2.57 bits per heavy atom. The van der Waals surface area contributed by atoms with Crippen molar-refractivity contribution in [2.75, 3.05) is 0 Å². The summed E-state index contributed by atoms with van der Waals surface area (Å²) >= 11 is 11.6. The zero-order valence-corrected chi connectivity index (χ0v) is 8.36. The summed E-state index contributed by atoms with van der Waals surface area (Å²) in [5.74, 6) is 0. The van der Waals surface area contributed by atoms with Crippen LogP contribution in [0, 0.1) is 0 Å². The summed E-state index contributed by atoms with van der Waals surface area (Å²) in [5.41, 5.74) is 0.345. The summed E-state index contributed by atoms with van der Waals surface area (Å²) in [6, 6.07) is 4.54. The van der Waals surface area contributed by atoms with Gasteiger partial charge >= 0.3 is 6.55 Å². The maximum atomic E-state index is 12.5. The third-order valence-electron chi connectivity index (χ3n) is 1.96. The molecular formula is C9H5Cl2F2N. The van der Waals surface area contributed by atoms with Gasteiger partial charge in [0.05, 0.1) is 10.5 Å².